The van der Waals surface area contributed by atoms with Crippen LogP contribution in [0.1, 0.15) is 15.9 Å². The minimum Gasteiger partial charge on any atom is -0.496 e. The summed E-state index contributed by atoms with van der Waals surface area (Å²) in [5.41, 5.74) is 1.08. The quantitative estimate of drug-likeness (QED) is 0.660. The molecule has 0 aliphatic rings. The summed E-state index contributed by atoms with van der Waals surface area (Å²) < 4.78 is 5.20. The predicted octanol–water partition coefficient (Wildman–Crippen LogP) is 1.24. The fourth-order valence-corrected chi connectivity index (χ4v) is 2.39. The zero-order valence-corrected chi connectivity index (χ0v) is 14.3. The molecule has 7 heteroatoms. The fraction of sp³-hybridized carbons (Fsp3) is 0.211. The standard InChI is InChI=1S/C19H20N2O5/c1-26-16-10-6-5-9-14(16)11-15(19(24)25)21-17(22)12-20-18(23)13-7-3-2-4-8-13/h2-10,15H,11-12H2,1H3,(H,20,23)(H,21,22)(H,24,25)/t15-/m1/s1. The highest BCUT2D eigenvalue weighted by molar-refractivity contribution is 5.96. The number of ether oxygens (including phenoxy) is 1. The molecule has 0 aromatic heterocycles. The maximum absolute atomic E-state index is 12.0. The van der Waals surface area contributed by atoms with E-state index in [4.69, 9.17) is 4.74 Å². The summed E-state index contributed by atoms with van der Waals surface area (Å²) in [5, 5.41) is 14.2. The van der Waals surface area contributed by atoms with E-state index < -0.39 is 23.8 Å². The molecule has 0 fully saturated rings. The van der Waals surface area contributed by atoms with Gasteiger partial charge < -0.3 is 20.5 Å². The number of hydrogen-bond donors (Lipinski definition) is 3. The van der Waals surface area contributed by atoms with E-state index in [1.165, 1.54) is 7.11 Å². The molecule has 7 nitrogen and oxygen atoms in total. The molecule has 0 saturated heterocycles. The number of rotatable bonds is 8. The lowest BCUT2D eigenvalue weighted by atomic mass is 10.0. The van der Waals surface area contributed by atoms with Gasteiger partial charge in [0.25, 0.3) is 5.91 Å². The Hall–Kier alpha value is -3.35. The topological polar surface area (TPSA) is 105 Å². The second-order valence-corrected chi connectivity index (χ2v) is 5.52. The molecule has 0 aliphatic heterocycles. The molecule has 0 saturated carbocycles. The normalized spacial score (nSPS) is 11.3. The first-order valence-corrected chi connectivity index (χ1v) is 7.98. The third-order valence-electron chi connectivity index (χ3n) is 3.70. The lowest BCUT2D eigenvalue weighted by Crippen LogP contribution is -2.46. The molecule has 0 heterocycles. The van der Waals surface area contributed by atoms with Crippen LogP contribution in [-0.2, 0) is 16.0 Å². The molecule has 0 spiro atoms. The Morgan fingerprint density at radius 2 is 1.69 bits per heavy atom. The molecular weight excluding hydrogens is 336 g/mol. The first kappa shape index (κ1) is 19.0. The first-order chi connectivity index (χ1) is 12.5. The minimum absolute atomic E-state index is 0.0672. The van der Waals surface area contributed by atoms with Crippen molar-refractivity contribution in [1.82, 2.24) is 10.6 Å². The minimum atomic E-state index is -1.17. The third kappa shape index (κ3) is 5.34. The van der Waals surface area contributed by atoms with E-state index in [0.29, 0.717) is 16.9 Å². The van der Waals surface area contributed by atoms with Gasteiger partial charge in [-0.15, -0.1) is 0 Å². The number of amides is 2. The van der Waals surface area contributed by atoms with Gasteiger partial charge in [-0.25, -0.2) is 4.79 Å². The number of aliphatic carboxylic acids is 1. The van der Waals surface area contributed by atoms with Crippen LogP contribution in [-0.4, -0.2) is 42.6 Å². The molecule has 0 bridgehead atoms. The van der Waals surface area contributed by atoms with Gasteiger partial charge in [-0.2, -0.15) is 0 Å². The Labute approximate surface area is 151 Å². The molecule has 2 amide bonds. The highest BCUT2D eigenvalue weighted by Crippen LogP contribution is 2.19. The number of hydrogen-bond acceptors (Lipinski definition) is 4. The smallest absolute Gasteiger partial charge is 0.326 e. The summed E-state index contributed by atoms with van der Waals surface area (Å²) in [5.74, 6) is -1.61. The van der Waals surface area contributed by atoms with Gasteiger partial charge >= 0.3 is 5.97 Å². The molecule has 2 rings (SSSR count). The van der Waals surface area contributed by atoms with E-state index in [2.05, 4.69) is 10.6 Å². The Kier molecular flexibility index (Phi) is 6.73. The monoisotopic (exact) mass is 356 g/mol. The van der Waals surface area contributed by atoms with Gasteiger partial charge in [0.15, 0.2) is 0 Å². The van der Waals surface area contributed by atoms with Crippen molar-refractivity contribution >= 4 is 17.8 Å². The van der Waals surface area contributed by atoms with Gasteiger partial charge in [-0.3, -0.25) is 9.59 Å². The van der Waals surface area contributed by atoms with E-state index >= 15 is 0 Å². The van der Waals surface area contributed by atoms with Gasteiger partial charge in [-0.1, -0.05) is 36.4 Å². The molecule has 0 radical (unpaired) electrons. The lowest BCUT2D eigenvalue weighted by Gasteiger charge is -2.16. The van der Waals surface area contributed by atoms with Crippen molar-refractivity contribution in [3.8, 4) is 5.75 Å². The second kappa shape index (κ2) is 9.22. The van der Waals surface area contributed by atoms with Crippen LogP contribution in [0.15, 0.2) is 54.6 Å². The van der Waals surface area contributed by atoms with Crippen LogP contribution in [0.4, 0.5) is 0 Å². The van der Waals surface area contributed by atoms with Crippen molar-refractivity contribution in [2.24, 2.45) is 0 Å². The summed E-state index contributed by atoms with van der Waals surface area (Å²) in [7, 11) is 1.49. The maximum atomic E-state index is 12.0. The van der Waals surface area contributed by atoms with Crippen LogP contribution >= 0.6 is 0 Å². The van der Waals surface area contributed by atoms with Crippen molar-refractivity contribution in [2.75, 3.05) is 13.7 Å². The van der Waals surface area contributed by atoms with Gasteiger partial charge in [0.1, 0.15) is 11.8 Å². The van der Waals surface area contributed by atoms with Gasteiger partial charge in [0.05, 0.1) is 13.7 Å². The Balaban J connectivity index is 1.93. The van der Waals surface area contributed by atoms with Crippen molar-refractivity contribution in [3.63, 3.8) is 0 Å². The molecule has 0 aliphatic carbocycles. The Bertz CT molecular complexity index is 777. The van der Waals surface area contributed by atoms with Gasteiger partial charge in [-0.05, 0) is 23.8 Å². The van der Waals surface area contributed by atoms with Gasteiger partial charge in [0, 0.05) is 12.0 Å². The summed E-state index contributed by atoms with van der Waals surface area (Å²) in [6, 6.07) is 14.3. The average Bonchev–Trinajstić information content (AvgIpc) is 2.66. The van der Waals surface area contributed by atoms with Crippen molar-refractivity contribution in [1.29, 1.82) is 0 Å². The van der Waals surface area contributed by atoms with E-state index in [1.54, 1.807) is 54.6 Å². The van der Waals surface area contributed by atoms with E-state index in [1.807, 2.05) is 0 Å². The van der Waals surface area contributed by atoms with Crippen LogP contribution in [0.3, 0.4) is 0 Å². The number of benzene rings is 2. The maximum Gasteiger partial charge on any atom is 0.326 e. The Morgan fingerprint density at radius 3 is 2.35 bits per heavy atom. The van der Waals surface area contributed by atoms with Crippen LogP contribution in [0.5, 0.6) is 5.75 Å². The number of nitrogens with one attached hydrogen (secondary N) is 2. The molecule has 136 valence electrons. The van der Waals surface area contributed by atoms with Crippen LogP contribution in [0, 0.1) is 0 Å². The van der Waals surface area contributed by atoms with E-state index in [-0.39, 0.29) is 13.0 Å². The first-order valence-electron chi connectivity index (χ1n) is 7.98. The molecule has 2 aromatic carbocycles. The summed E-state index contributed by atoms with van der Waals surface area (Å²) >= 11 is 0. The molecule has 3 N–H and O–H groups in total. The molecule has 2 aromatic rings. The van der Waals surface area contributed by atoms with E-state index in [0.717, 1.165) is 0 Å². The number of carboxylic acids is 1. The number of para-hydroxylation sites is 1. The van der Waals surface area contributed by atoms with Crippen LogP contribution in [0.25, 0.3) is 0 Å². The van der Waals surface area contributed by atoms with Crippen molar-refractivity contribution in [3.05, 3.63) is 65.7 Å². The summed E-state index contributed by atoms with van der Waals surface area (Å²) in [6.07, 6.45) is 0.0672. The largest absolute Gasteiger partial charge is 0.496 e. The number of carboxylic acid groups (broad SMARTS) is 1. The van der Waals surface area contributed by atoms with Crippen molar-refractivity contribution in [2.45, 2.75) is 12.5 Å². The SMILES string of the molecule is COc1ccccc1C[C@@H](NC(=O)CNC(=O)c1ccccc1)C(=O)O. The molecule has 0 unspecified atom stereocenters. The van der Waals surface area contributed by atoms with E-state index in [9.17, 15) is 19.5 Å². The summed E-state index contributed by atoms with van der Waals surface area (Å²) in [6.45, 7) is -0.316. The van der Waals surface area contributed by atoms with Crippen LogP contribution in [0.2, 0.25) is 0 Å². The number of carbonyl (C=O) groups excluding carboxylic acids is 2. The fourth-order valence-electron chi connectivity index (χ4n) is 2.39. The Morgan fingerprint density at radius 1 is 1.04 bits per heavy atom. The highest BCUT2D eigenvalue weighted by atomic mass is 16.5. The molecule has 1 atom stereocenters. The molecule has 26 heavy (non-hydrogen) atoms. The van der Waals surface area contributed by atoms with Crippen molar-refractivity contribution < 1.29 is 24.2 Å². The average molecular weight is 356 g/mol. The second-order valence-electron chi connectivity index (χ2n) is 5.52. The zero-order valence-electron chi connectivity index (χ0n) is 14.3. The number of carbonyl (C=O) groups is 3. The van der Waals surface area contributed by atoms with Crippen LogP contribution < -0.4 is 15.4 Å². The lowest BCUT2D eigenvalue weighted by molar-refractivity contribution is -0.141. The zero-order chi connectivity index (χ0) is 18.9. The summed E-state index contributed by atoms with van der Waals surface area (Å²) in [4.78, 5) is 35.4. The van der Waals surface area contributed by atoms with Gasteiger partial charge in [0.2, 0.25) is 5.91 Å². The number of methoxy groups -OCH3 is 1. The predicted molar refractivity (Wildman–Crippen MR) is 95.0 cm³/mol. The highest BCUT2D eigenvalue weighted by Gasteiger charge is 2.22. The molecular formula is C19H20N2O5. The third-order valence-corrected chi connectivity index (χ3v) is 3.70.